The van der Waals surface area contributed by atoms with Crippen molar-refractivity contribution in [3.8, 4) is 0 Å². The van der Waals surface area contributed by atoms with E-state index in [1.165, 1.54) is 0 Å². The zero-order chi connectivity index (χ0) is 17.0. The van der Waals surface area contributed by atoms with Crippen LogP contribution in [0.2, 0.25) is 5.02 Å². The molecule has 2 aliphatic heterocycles. The molecule has 2 fully saturated rings. The van der Waals surface area contributed by atoms with Crippen molar-refractivity contribution >= 4 is 17.5 Å². The third-order valence-corrected chi connectivity index (χ3v) is 5.57. The standard InChI is InChI=1S/C19H26ClNO3/c1-23-14-19-10-2-12-24-17(19)9-11-21(13-19)18(22)8-5-15-3-6-16(20)7-4-15/h3-4,6-7,17H,2,5,8-14H2,1H3/t17-,19+/m1/s1. The Bertz CT molecular complexity index is 558. The summed E-state index contributed by atoms with van der Waals surface area (Å²) in [4.78, 5) is 14.7. The molecule has 0 N–H and O–H groups in total. The van der Waals surface area contributed by atoms with Gasteiger partial charge in [0.1, 0.15) is 0 Å². The maximum atomic E-state index is 12.7. The molecule has 24 heavy (non-hydrogen) atoms. The normalized spacial score (nSPS) is 26.9. The number of fused-ring (bicyclic) bond motifs is 1. The van der Waals surface area contributed by atoms with Gasteiger partial charge in [0.15, 0.2) is 0 Å². The van der Waals surface area contributed by atoms with E-state index in [0.29, 0.717) is 13.0 Å². The summed E-state index contributed by atoms with van der Waals surface area (Å²) < 4.78 is 11.5. The smallest absolute Gasteiger partial charge is 0.222 e. The SMILES string of the molecule is COC[C@@]12CCCO[C@@H]1CCN(C(=O)CCc1ccc(Cl)cc1)C2. The monoisotopic (exact) mass is 351 g/mol. The Labute approximate surface area is 149 Å². The molecule has 2 saturated heterocycles. The van der Waals surface area contributed by atoms with Crippen molar-refractivity contribution in [1.82, 2.24) is 4.90 Å². The van der Waals surface area contributed by atoms with Gasteiger partial charge in [-0.2, -0.15) is 0 Å². The van der Waals surface area contributed by atoms with Crippen LogP contribution in [0.15, 0.2) is 24.3 Å². The van der Waals surface area contributed by atoms with Crippen LogP contribution in [0, 0.1) is 5.41 Å². The van der Waals surface area contributed by atoms with E-state index < -0.39 is 0 Å². The largest absolute Gasteiger partial charge is 0.384 e. The number of piperidine rings is 1. The number of amides is 1. The van der Waals surface area contributed by atoms with Gasteiger partial charge in [-0.15, -0.1) is 0 Å². The van der Waals surface area contributed by atoms with E-state index in [4.69, 9.17) is 21.1 Å². The predicted octanol–water partition coefficient (Wildman–Crippen LogP) is 3.32. The maximum absolute atomic E-state index is 12.7. The summed E-state index contributed by atoms with van der Waals surface area (Å²) in [6, 6.07) is 7.73. The minimum atomic E-state index is -0.0266. The number of nitrogens with zero attached hydrogens (tertiary/aromatic N) is 1. The number of carbonyl (C=O) groups is 1. The molecule has 0 unspecified atom stereocenters. The highest BCUT2D eigenvalue weighted by atomic mass is 35.5. The van der Waals surface area contributed by atoms with Gasteiger partial charge < -0.3 is 14.4 Å². The molecule has 5 heteroatoms. The molecule has 2 aliphatic rings. The molecule has 1 amide bonds. The van der Waals surface area contributed by atoms with Crippen LogP contribution >= 0.6 is 11.6 Å². The van der Waals surface area contributed by atoms with Crippen LogP contribution in [0.4, 0.5) is 0 Å². The van der Waals surface area contributed by atoms with Crippen LogP contribution in [0.5, 0.6) is 0 Å². The number of hydrogen-bond acceptors (Lipinski definition) is 3. The van der Waals surface area contributed by atoms with Gasteiger partial charge in [-0.3, -0.25) is 4.79 Å². The van der Waals surface area contributed by atoms with E-state index in [0.717, 1.165) is 56.0 Å². The fraction of sp³-hybridized carbons (Fsp3) is 0.632. The van der Waals surface area contributed by atoms with Crippen molar-refractivity contribution < 1.29 is 14.3 Å². The zero-order valence-electron chi connectivity index (χ0n) is 14.3. The third kappa shape index (κ3) is 3.93. The number of rotatable bonds is 5. The second-order valence-corrected chi connectivity index (χ2v) is 7.43. The number of likely N-dealkylation sites (tertiary alicyclic amines) is 1. The number of aryl methyl sites for hydroxylation is 1. The third-order valence-electron chi connectivity index (χ3n) is 5.31. The highest BCUT2D eigenvalue weighted by Crippen LogP contribution is 2.40. The maximum Gasteiger partial charge on any atom is 0.222 e. The molecule has 0 aliphatic carbocycles. The average molecular weight is 352 g/mol. The molecule has 4 nitrogen and oxygen atoms in total. The van der Waals surface area contributed by atoms with Crippen molar-refractivity contribution in [3.05, 3.63) is 34.9 Å². The van der Waals surface area contributed by atoms with Crippen LogP contribution in [-0.2, 0) is 20.7 Å². The fourth-order valence-electron chi connectivity index (χ4n) is 4.06. The van der Waals surface area contributed by atoms with Crippen LogP contribution in [0.3, 0.4) is 0 Å². The molecule has 0 saturated carbocycles. The van der Waals surface area contributed by atoms with Crippen LogP contribution < -0.4 is 0 Å². The molecular formula is C19H26ClNO3. The predicted molar refractivity (Wildman–Crippen MR) is 94.3 cm³/mol. The summed E-state index contributed by atoms with van der Waals surface area (Å²) in [5, 5.41) is 0.728. The molecule has 132 valence electrons. The molecule has 2 heterocycles. The number of ether oxygens (including phenoxy) is 2. The second-order valence-electron chi connectivity index (χ2n) is 6.99. The van der Waals surface area contributed by atoms with Gasteiger partial charge >= 0.3 is 0 Å². The molecule has 0 spiro atoms. The summed E-state index contributed by atoms with van der Waals surface area (Å²) in [6.45, 7) is 3.04. The molecule has 0 radical (unpaired) electrons. The summed E-state index contributed by atoms with van der Waals surface area (Å²) in [6.07, 6.45) is 4.56. The fourth-order valence-corrected chi connectivity index (χ4v) is 4.19. The molecule has 1 aromatic carbocycles. The molecule has 0 aromatic heterocycles. The topological polar surface area (TPSA) is 38.8 Å². The Balaban J connectivity index is 1.59. The van der Waals surface area contributed by atoms with Crippen LogP contribution in [0.1, 0.15) is 31.2 Å². The van der Waals surface area contributed by atoms with E-state index in [1.807, 2.05) is 29.2 Å². The quantitative estimate of drug-likeness (QED) is 0.816. The van der Waals surface area contributed by atoms with E-state index in [9.17, 15) is 4.79 Å². The Morgan fingerprint density at radius 2 is 2.21 bits per heavy atom. The lowest BCUT2D eigenvalue weighted by Gasteiger charge is -2.50. The lowest BCUT2D eigenvalue weighted by Crippen LogP contribution is -2.58. The first-order valence-corrected chi connectivity index (χ1v) is 9.13. The number of methoxy groups -OCH3 is 1. The number of benzene rings is 1. The van der Waals surface area contributed by atoms with Gasteiger partial charge in [0.25, 0.3) is 0 Å². The second kappa shape index (κ2) is 7.85. The van der Waals surface area contributed by atoms with Gasteiger partial charge in [-0.05, 0) is 43.4 Å². The Hall–Kier alpha value is -1.10. The van der Waals surface area contributed by atoms with E-state index in [1.54, 1.807) is 7.11 Å². The Morgan fingerprint density at radius 1 is 1.42 bits per heavy atom. The molecule has 2 atom stereocenters. The summed E-state index contributed by atoms with van der Waals surface area (Å²) in [7, 11) is 1.74. The summed E-state index contributed by atoms with van der Waals surface area (Å²) in [5.41, 5.74) is 1.12. The Kier molecular flexibility index (Phi) is 5.80. The van der Waals surface area contributed by atoms with Crippen molar-refractivity contribution in [2.75, 3.05) is 33.4 Å². The highest BCUT2D eigenvalue weighted by Gasteiger charge is 2.46. The number of hydrogen-bond donors (Lipinski definition) is 0. The van der Waals surface area contributed by atoms with E-state index in [-0.39, 0.29) is 17.4 Å². The van der Waals surface area contributed by atoms with Gasteiger partial charge in [-0.1, -0.05) is 23.7 Å². The van der Waals surface area contributed by atoms with Crippen molar-refractivity contribution in [3.63, 3.8) is 0 Å². The van der Waals surface area contributed by atoms with Crippen LogP contribution in [0.25, 0.3) is 0 Å². The number of carbonyl (C=O) groups excluding carboxylic acids is 1. The van der Waals surface area contributed by atoms with E-state index in [2.05, 4.69) is 0 Å². The molecule has 1 aromatic rings. The average Bonchev–Trinajstić information content (AvgIpc) is 2.60. The first-order valence-electron chi connectivity index (χ1n) is 8.76. The lowest BCUT2D eigenvalue weighted by molar-refractivity contribution is -0.162. The highest BCUT2D eigenvalue weighted by molar-refractivity contribution is 6.30. The van der Waals surface area contributed by atoms with Crippen molar-refractivity contribution in [2.24, 2.45) is 5.41 Å². The van der Waals surface area contributed by atoms with Gasteiger partial charge in [0, 0.05) is 43.7 Å². The zero-order valence-corrected chi connectivity index (χ0v) is 15.1. The Morgan fingerprint density at radius 3 is 2.96 bits per heavy atom. The minimum Gasteiger partial charge on any atom is -0.384 e. The van der Waals surface area contributed by atoms with Crippen LogP contribution in [-0.4, -0.2) is 50.3 Å². The van der Waals surface area contributed by atoms with E-state index >= 15 is 0 Å². The summed E-state index contributed by atoms with van der Waals surface area (Å²) >= 11 is 5.91. The van der Waals surface area contributed by atoms with Crippen molar-refractivity contribution in [2.45, 2.75) is 38.2 Å². The first kappa shape index (κ1) is 17.7. The lowest BCUT2D eigenvalue weighted by atomic mass is 9.73. The van der Waals surface area contributed by atoms with Gasteiger partial charge in [-0.25, -0.2) is 0 Å². The molecular weight excluding hydrogens is 326 g/mol. The van der Waals surface area contributed by atoms with Gasteiger partial charge in [0.2, 0.25) is 5.91 Å². The van der Waals surface area contributed by atoms with Crippen molar-refractivity contribution in [1.29, 1.82) is 0 Å². The first-order chi connectivity index (χ1) is 11.6. The minimum absolute atomic E-state index is 0.0266. The van der Waals surface area contributed by atoms with Gasteiger partial charge in [0.05, 0.1) is 12.7 Å². The molecule has 3 rings (SSSR count). The summed E-state index contributed by atoms with van der Waals surface area (Å²) in [5.74, 6) is 0.226. The number of halogens is 1. The molecule has 0 bridgehead atoms.